The van der Waals surface area contributed by atoms with Crippen LogP contribution in [0.2, 0.25) is 0 Å². The second-order valence-electron chi connectivity index (χ2n) is 5.13. The van der Waals surface area contributed by atoms with E-state index in [1.807, 2.05) is 6.20 Å². The molecule has 0 spiro atoms. The molecule has 1 heterocycles. The van der Waals surface area contributed by atoms with Gasteiger partial charge in [0.05, 0.1) is 5.69 Å². The SMILES string of the molecule is CCCCC(CC)C(N)c1ccnn1C(C)C. The standard InChI is InChI=1S/C14H27N3/c1-5-7-8-12(6-2)14(15)13-9-10-16-17(13)11(3)4/h9-12,14H,5-8,15H2,1-4H3. The Morgan fingerprint density at radius 3 is 2.59 bits per heavy atom. The first-order valence-corrected chi connectivity index (χ1v) is 6.90. The third kappa shape index (κ3) is 3.56. The first-order valence-electron chi connectivity index (χ1n) is 6.90. The van der Waals surface area contributed by atoms with Crippen LogP contribution in [-0.2, 0) is 0 Å². The second-order valence-corrected chi connectivity index (χ2v) is 5.13. The van der Waals surface area contributed by atoms with Crippen molar-refractivity contribution in [1.29, 1.82) is 0 Å². The maximum atomic E-state index is 6.41. The van der Waals surface area contributed by atoms with Crippen molar-refractivity contribution in [3.8, 4) is 0 Å². The Kier molecular flexibility index (Phi) is 5.69. The van der Waals surface area contributed by atoms with E-state index < -0.39 is 0 Å². The molecule has 3 nitrogen and oxygen atoms in total. The van der Waals surface area contributed by atoms with E-state index in [4.69, 9.17) is 5.73 Å². The Bertz CT molecular complexity index is 317. The summed E-state index contributed by atoms with van der Waals surface area (Å²) >= 11 is 0. The first kappa shape index (κ1) is 14.2. The molecule has 0 saturated heterocycles. The van der Waals surface area contributed by atoms with Gasteiger partial charge in [-0.15, -0.1) is 0 Å². The molecule has 1 aromatic heterocycles. The minimum absolute atomic E-state index is 0.122. The van der Waals surface area contributed by atoms with Crippen molar-refractivity contribution in [2.45, 2.75) is 65.5 Å². The molecule has 0 aliphatic carbocycles. The fraction of sp³-hybridized carbons (Fsp3) is 0.786. The molecule has 0 radical (unpaired) electrons. The minimum atomic E-state index is 0.122. The first-order chi connectivity index (χ1) is 8.11. The van der Waals surface area contributed by atoms with Crippen LogP contribution in [0.5, 0.6) is 0 Å². The van der Waals surface area contributed by atoms with E-state index in [2.05, 4.69) is 43.5 Å². The van der Waals surface area contributed by atoms with Gasteiger partial charge in [-0.1, -0.05) is 33.1 Å². The Labute approximate surface area is 105 Å². The summed E-state index contributed by atoms with van der Waals surface area (Å²) in [6.45, 7) is 8.76. The van der Waals surface area contributed by atoms with Crippen molar-refractivity contribution in [3.05, 3.63) is 18.0 Å². The van der Waals surface area contributed by atoms with Crippen LogP contribution in [0.25, 0.3) is 0 Å². The summed E-state index contributed by atoms with van der Waals surface area (Å²) in [6.07, 6.45) is 6.73. The zero-order valence-electron chi connectivity index (χ0n) is 11.7. The van der Waals surface area contributed by atoms with Gasteiger partial charge in [0.1, 0.15) is 0 Å². The number of nitrogens with zero attached hydrogens (tertiary/aromatic N) is 2. The maximum absolute atomic E-state index is 6.41. The van der Waals surface area contributed by atoms with Crippen LogP contribution in [0.4, 0.5) is 0 Å². The molecule has 2 N–H and O–H groups in total. The van der Waals surface area contributed by atoms with Crippen molar-refractivity contribution in [2.75, 3.05) is 0 Å². The fourth-order valence-electron chi connectivity index (χ4n) is 2.37. The fourth-order valence-corrected chi connectivity index (χ4v) is 2.37. The molecule has 2 unspecified atom stereocenters. The third-order valence-corrected chi connectivity index (χ3v) is 3.49. The van der Waals surface area contributed by atoms with E-state index in [-0.39, 0.29) is 6.04 Å². The van der Waals surface area contributed by atoms with Gasteiger partial charge in [0, 0.05) is 18.3 Å². The summed E-state index contributed by atoms with van der Waals surface area (Å²) < 4.78 is 2.05. The van der Waals surface area contributed by atoms with Crippen molar-refractivity contribution >= 4 is 0 Å². The van der Waals surface area contributed by atoms with Gasteiger partial charge < -0.3 is 5.73 Å². The predicted octanol–water partition coefficient (Wildman–Crippen LogP) is 3.68. The molecule has 1 aromatic rings. The Balaban J connectivity index is 2.78. The summed E-state index contributed by atoms with van der Waals surface area (Å²) in [5.74, 6) is 0.573. The molecule has 0 aliphatic rings. The number of nitrogens with two attached hydrogens (primary N) is 1. The summed E-state index contributed by atoms with van der Waals surface area (Å²) in [5.41, 5.74) is 7.60. The van der Waals surface area contributed by atoms with Gasteiger partial charge in [-0.05, 0) is 32.3 Å². The van der Waals surface area contributed by atoms with E-state index in [0.717, 1.165) is 6.42 Å². The number of hydrogen-bond donors (Lipinski definition) is 1. The van der Waals surface area contributed by atoms with Crippen molar-refractivity contribution in [3.63, 3.8) is 0 Å². The Morgan fingerprint density at radius 2 is 2.06 bits per heavy atom. The summed E-state index contributed by atoms with van der Waals surface area (Å²) in [6, 6.07) is 2.57. The lowest BCUT2D eigenvalue weighted by molar-refractivity contribution is 0.352. The number of rotatable bonds is 7. The second kappa shape index (κ2) is 6.80. The molecule has 0 aliphatic heterocycles. The number of unbranched alkanes of at least 4 members (excludes halogenated alkanes) is 1. The van der Waals surface area contributed by atoms with Crippen LogP contribution in [-0.4, -0.2) is 9.78 Å². The molecule has 0 aromatic carbocycles. The Morgan fingerprint density at radius 1 is 1.35 bits per heavy atom. The lowest BCUT2D eigenvalue weighted by atomic mass is 9.90. The van der Waals surface area contributed by atoms with Gasteiger partial charge in [0.15, 0.2) is 0 Å². The summed E-state index contributed by atoms with van der Waals surface area (Å²) in [4.78, 5) is 0. The van der Waals surface area contributed by atoms with Gasteiger partial charge in [0.2, 0.25) is 0 Å². The van der Waals surface area contributed by atoms with E-state index in [9.17, 15) is 0 Å². The highest BCUT2D eigenvalue weighted by Gasteiger charge is 2.21. The molecule has 0 amide bonds. The average Bonchev–Trinajstić information content (AvgIpc) is 2.78. The van der Waals surface area contributed by atoms with Gasteiger partial charge in [-0.25, -0.2) is 0 Å². The van der Waals surface area contributed by atoms with Crippen LogP contribution < -0.4 is 5.73 Å². The van der Waals surface area contributed by atoms with Crippen LogP contribution in [0.1, 0.15) is 71.2 Å². The lowest BCUT2D eigenvalue weighted by Crippen LogP contribution is -2.25. The molecule has 98 valence electrons. The van der Waals surface area contributed by atoms with E-state index in [1.54, 1.807) is 0 Å². The number of aromatic nitrogens is 2. The zero-order chi connectivity index (χ0) is 12.8. The molecule has 0 saturated carbocycles. The monoisotopic (exact) mass is 237 g/mol. The third-order valence-electron chi connectivity index (χ3n) is 3.49. The van der Waals surface area contributed by atoms with Gasteiger partial charge >= 0.3 is 0 Å². The average molecular weight is 237 g/mol. The quantitative estimate of drug-likeness (QED) is 0.786. The van der Waals surface area contributed by atoms with Crippen molar-refractivity contribution in [1.82, 2.24) is 9.78 Å². The molecular weight excluding hydrogens is 210 g/mol. The molecule has 17 heavy (non-hydrogen) atoms. The maximum Gasteiger partial charge on any atom is 0.0557 e. The van der Waals surface area contributed by atoms with Crippen molar-refractivity contribution in [2.24, 2.45) is 11.7 Å². The van der Waals surface area contributed by atoms with Crippen LogP contribution in [0, 0.1) is 5.92 Å². The topological polar surface area (TPSA) is 43.8 Å². The highest BCUT2D eigenvalue weighted by Crippen LogP contribution is 2.27. The highest BCUT2D eigenvalue weighted by molar-refractivity contribution is 5.08. The van der Waals surface area contributed by atoms with E-state index >= 15 is 0 Å². The predicted molar refractivity (Wildman–Crippen MR) is 72.8 cm³/mol. The van der Waals surface area contributed by atoms with E-state index in [1.165, 1.54) is 25.0 Å². The zero-order valence-corrected chi connectivity index (χ0v) is 11.7. The smallest absolute Gasteiger partial charge is 0.0557 e. The van der Waals surface area contributed by atoms with Crippen LogP contribution >= 0.6 is 0 Å². The molecular formula is C14H27N3. The number of hydrogen-bond acceptors (Lipinski definition) is 2. The molecule has 3 heteroatoms. The Hall–Kier alpha value is -0.830. The van der Waals surface area contributed by atoms with E-state index in [0.29, 0.717) is 12.0 Å². The summed E-state index contributed by atoms with van der Waals surface area (Å²) in [5, 5.41) is 4.37. The minimum Gasteiger partial charge on any atom is -0.322 e. The molecule has 0 fully saturated rings. The highest BCUT2D eigenvalue weighted by atomic mass is 15.3. The molecule has 2 atom stereocenters. The normalized spacial score (nSPS) is 15.2. The van der Waals surface area contributed by atoms with Crippen molar-refractivity contribution < 1.29 is 0 Å². The summed E-state index contributed by atoms with van der Waals surface area (Å²) in [7, 11) is 0. The molecule has 1 rings (SSSR count). The van der Waals surface area contributed by atoms with Crippen LogP contribution in [0.15, 0.2) is 12.3 Å². The largest absolute Gasteiger partial charge is 0.322 e. The van der Waals surface area contributed by atoms with Gasteiger partial charge in [-0.3, -0.25) is 4.68 Å². The van der Waals surface area contributed by atoms with Crippen LogP contribution in [0.3, 0.4) is 0 Å². The van der Waals surface area contributed by atoms with Gasteiger partial charge in [-0.2, -0.15) is 5.10 Å². The molecule has 0 bridgehead atoms. The van der Waals surface area contributed by atoms with Gasteiger partial charge in [0.25, 0.3) is 0 Å². The lowest BCUT2D eigenvalue weighted by Gasteiger charge is -2.24.